The van der Waals surface area contributed by atoms with Gasteiger partial charge in [-0.1, -0.05) is 97.1 Å². The van der Waals surface area contributed by atoms with E-state index in [-0.39, 0.29) is 49.2 Å². The SMILES string of the molecule is CSCC(NC(=O)Cc1ccc(-c2ccccc2)cc1)C(=O)N[C@H](CCCN=C(N)N)C(=O)NC(Cc1ccc(O)cc1)C(=O)NCCc1ccccc1. The van der Waals surface area contributed by atoms with Crippen molar-refractivity contribution in [3.05, 3.63) is 126 Å². The van der Waals surface area contributed by atoms with Gasteiger partial charge in [0, 0.05) is 25.3 Å². The van der Waals surface area contributed by atoms with Crippen molar-refractivity contribution in [1.82, 2.24) is 21.3 Å². The third-order valence-electron chi connectivity index (χ3n) is 8.55. The maximum atomic E-state index is 13.9. The molecule has 0 radical (unpaired) electrons. The molecular weight excluding hydrogens is 703 g/mol. The highest BCUT2D eigenvalue weighted by atomic mass is 32.2. The minimum atomic E-state index is -1.07. The number of hydrogen-bond donors (Lipinski definition) is 7. The van der Waals surface area contributed by atoms with Crippen LogP contribution in [0.3, 0.4) is 0 Å². The van der Waals surface area contributed by atoms with Gasteiger partial charge in [0.1, 0.15) is 23.9 Å². The third-order valence-corrected chi connectivity index (χ3v) is 9.22. The van der Waals surface area contributed by atoms with Crippen molar-refractivity contribution < 1.29 is 24.3 Å². The number of nitrogens with zero attached hydrogens (tertiary/aromatic N) is 1. The van der Waals surface area contributed by atoms with Crippen molar-refractivity contribution in [1.29, 1.82) is 0 Å². The molecule has 4 aromatic rings. The van der Waals surface area contributed by atoms with Crippen molar-refractivity contribution in [2.75, 3.05) is 25.1 Å². The van der Waals surface area contributed by atoms with Gasteiger partial charge in [0.05, 0.1) is 6.42 Å². The number of nitrogens with two attached hydrogens (primary N) is 2. The number of nitrogens with one attached hydrogen (secondary N) is 4. The topological polar surface area (TPSA) is 201 Å². The number of aliphatic imine (C=N–C) groups is 1. The first-order chi connectivity index (χ1) is 26.1. The molecule has 13 heteroatoms. The van der Waals surface area contributed by atoms with Gasteiger partial charge >= 0.3 is 0 Å². The number of benzene rings is 4. The lowest BCUT2D eigenvalue weighted by Crippen LogP contribution is -2.57. The van der Waals surface area contributed by atoms with Gasteiger partial charge in [-0.15, -0.1) is 0 Å². The molecule has 0 fully saturated rings. The van der Waals surface area contributed by atoms with Crippen LogP contribution >= 0.6 is 11.8 Å². The lowest BCUT2D eigenvalue weighted by molar-refractivity contribution is -0.133. The Balaban J connectivity index is 1.44. The van der Waals surface area contributed by atoms with Gasteiger partial charge in [0.15, 0.2) is 5.96 Å². The zero-order valence-electron chi connectivity index (χ0n) is 30.4. The Morgan fingerprint density at radius 1 is 0.685 bits per heavy atom. The zero-order valence-corrected chi connectivity index (χ0v) is 31.2. The van der Waals surface area contributed by atoms with Crippen LogP contribution in [0.15, 0.2) is 114 Å². The Hall–Kier alpha value is -5.82. The number of carbonyl (C=O) groups is 4. The fraction of sp³-hybridized carbons (Fsp3) is 0.293. The predicted octanol–water partition coefficient (Wildman–Crippen LogP) is 3.07. The van der Waals surface area contributed by atoms with Crippen molar-refractivity contribution in [3.8, 4) is 16.9 Å². The molecular formula is C41H49N7O5S. The summed E-state index contributed by atoms with van der Waals surface area (Å²) in [5.41, 5.74) is 15.6. The first-order valence-electron chi connectivity index (χ1n) is 17.8. The summed E-state index contributed by atoms with van der Waals surface area (Å²) in [6.07, 6.45) is 3.11. The molecule has 4 aromatic carbocycles. The molecule has 9 N–H and O–H groups in total. The molecule has 54 heavy (non-hydrogen) atoms. The standard InChI is InChI=1S/C41H49N7O5S/c1-54-27-36(46-37(50)26-30-14-18-32(19-15-30)31-11-6-3-7-12-31)40(53)47-34(13-8-23-45-41(42)43)39(52)48-35(25-29-16-20-33(49)21-17-29)38(51)44-24-22-28-9-4-2-5-10-28/h2-7,9-12,14-21,34-36,49H,8,13,22-27H2,1H3,(H,44,51)(H,46,50)(H,47,53)(H,48,52)(H4,42,43,45)/t34-,35?,36?/m1/s1. The number of phenolic OH excluding ortho intramolecular Hbond substituents is 1. The number of hydrogen-bond acceptors (Lipinski definition) is 7. The van der Waals surface area contributed by atoms with Gasteiger partial charge in [-0.05, 0) is 65.5 Å². The van der Waals surface area contributed by atoms with Gasteiger partial charge in [0.2, 0.25) is 23.6 Å². The van der Waals surface area contributed by atoms with Crippen LogP contribution in [0.25, 0.3) is 11.1 Å². The van der Waals surface area contributed by atoms with Crippen LogP contribution in [-0.4, -0.2) is 77.9 Å². The number of amides is 4. The molecule has 0 saturated carbocycles. The largest absolute Gasteiger partial charge is 0.508 e. The highest BCUT2D eigenvalue weighted by molar-refractivity contribution is 7.98. The third kappa shape index (κ3) is 14.0. The van der Waals surface area contributed by atoms with Crippen LogP contribution in [0.2, 0.25) is 0 Å². The minimum Gasteiger partial charge on any atom is -0.508 e. The molecule has 0 bridgehead atoms. The number of rotatable bonds is 20. The van der Waals surface area contributed by atoms with Gasteiger partial charge in [-0.3, -0.25) is 24.2 Å². The van der Waals surface area contributed by atoms with E-state index >= 15 is 0 Å². The molecule has 4 rings (SSSR count). The van der Waals surface area contributed by atoms with E-state index in [0.29, 0.717) is 24.9 Å². The van der Waals surface area contributed by atoms with Crippen LogP contribution < -0.4 is 32.7 Å². The smallest absolute Gasteiger partial charge is 0.244 e. The second-order valence-electron chi connectivity index (χ2n) is 12.8. The van der Waals surface area contributed by atoms with Crippen molar-refractivity contribution >= 4 is 41.4 Å². The lowest BCUT2D eigenvalue weighted by Gasteiger charge is -2.25. The van der Waals surface area contributed by atoms with Crippen molar-refractivity contribution in [3.63, 3.8) is 0 Å². The fourth-order valence-corrected chi connectivity index (χ4v) is 6.29. The average molecular weight is 752 g/mol. The average Bonchev–Trinajstić information content (AvgIpc) is 3.17. The van der Waals surface area contributed by atoms with E-state index in [9.17, 15) is 24.3 Å². The summed E-state index contributed by atoms with van der Waals surface area (Å²) in [6.45, 7) is 0.559. The lowest BCUT2D eigenvalue weighted by atomic mass is 10.0. The minimum absolute atomic E-state index is 0.0635. The molecule has 0 saturated heterocycles. The summed E-state index contributed by atoms with van der Waals surface area (Å²) in [5.74, 6) is -1.63. The number of carbonyl (C=O) groups excluding carboxylic acids is 4. The number of guanidine groups is 1. The molecule has 2 unspecified atom stereocenters. The number of thioether (sulfide) groups is 1. The molecule has 0 aliphatic carbocycles. The summed E-state index contributed by atoms with van der Waals surface area (Å²) in [4.78, 5) is 58.3. The molecule has 0 aliphatic rings. The first-order valence-corrected chi connectivity index (χ1v) is 19.2. The zero-order chi connectivity index (χ0) is 38.7. The van der Waals surface area contributed by atoms with Crippen LogP contribution in [-0.2, 0) is 38.4 Å². The maximum absolute atomic E-state index is 13.9. The highest BCUT2D eigenvalue weighted by Gasteiger charge is 2.29. The van der Waals surface area contributed by atoms with E-state index in [4.69, 9.17) is 11.5 Å². The van der Waals surface area contributed by atoms with E-state index in [0.717, 1.165) is 22.3 Å². The first kappa shape index (κ1) is 40.9. The van der Waals surface area contributed by atoms with Gasteiger partial charge < -0.3 is 37.8 Å². The molecule has 284 valence electrons. The summed E-state index contributed by atoms with van der Waals surface area (Å²) in [6, 6.07) is 30.6. The predicted molar refractivity (Wildman–Crippen MR) is 215 cm³/mol. The van der Waals surface area contributed by atoms with Crippen molar-refractivity contribution in [2.45, 2.75) is 50.2 Å². The molecule has 0 aromatic heterocycles. The van der Waals surface area contributed by atoms with Crippen LogP contribution in [0.5, 0.6) is 5.75 Å². The van der Waals surface area contributed by atoms with Gasteiger partial charge in [-0.2, -0.15) is 11.8 Å². The summed E-state index contributed by atoms with van der Waals surface area (Å²) in [7, 11) is 0. The van der Waals surface area contributed by atoms with E-state index in [2.05, 4.69) is 26.3 Å². The molecule has 0 heterocycles. The van der Waals surface area contributed by atoms with E-state index < -0.39 is 35.8 Å². The summed E-state index contributed by atoms with van der Waals surface area (Å²) >= 11 is 1.38. The van der Waals surface area contributed by atoms with Crippen LogP contribution in [0.4, 0.5) is 0 Å². The Morgan fingerprint density at radius 3 is 1.93 bits per heavy atom. The number of phenols is 1. The molecule has 4 amide bonds. The molecule has 0 aliphatic heterocycles. The van der Waals surface area contributed by atoms with E-state index in [1.807, 2.05) is 91.2 Å². The Kier molecular flexibility index (Phi) is 16.4. The van der Waals surface area contributed by atoms with E-state index in [1.54, 1.807) is 12.1 Å². The monoisotopic (exact) mass is 751 g/mol. The van der Waals surface area contributed by atoms with Gasteiger partial charge in [-0.25, -0.2) is 0 Å². The molecule has 3 atom stereocenters. The Morgan fingerprint density at radius 2 is 1.28 bits per heavy atom. The summed E-state index contributed by atoms with van der Waals surface area (Å²) < 4.78 is 0. The van der Waals surface area contributed by atoms with Crippen LogP contribution in [0.1, 0.15) is 29.5 Å². The second kappa shape index (κ2) is 21.6. The molecule has 12 nitrogen and oxygen atoms in total. The summed E-state index contributed by atoms with van der Waals surface area (Å²) in [5, 5.41) is 21.2. The van der Waals surface area contributed by atoms with Gasteiger partial charge in [0.25, 0.3) is 0 Å². The fourth-order valence-electron chi connectivity index (χ4n) is 5.72. The van der Waals surface area contributed by atoms with Crippen LogP contribution in [0, 0.1) is 0 Å². The highest BCUT2D eigenvalue weighted by Crippen LogP contribution is 2.19. The number of aromatic hydroxyl groups is 1. The van der Waals surface area contributed by atoms with Crippen molar-refractivity contribution in [2.24, 2.45) is 16.5 Å². The maximum Gasteiger partial charge on any atom is 0.244 e. The second-order valence-corrected chi connectivity index (χ2v) is 13.7. The van der Waals surface area contributed by atoms with E-state index in [1.165, 1.54) is 23.9 Å². The quantitative estimate of drug-likeness (QED) is 0.0406. The normalized spacial score (nSPS) is 12.4. The molecule has 0 spiro atoms. The Labute approximate surface area is 320 Å². The Bertz CT molecular complexity index is 1820.